The molecule has 0 spiro atoms. The first-order chi connectivity index (χ1) is 12.3. The summed E-state index contributed by atoms with van der Waals surface area (Å²) in [5, 5.41) is 7.89. The summed E-state index contributed by atoms with van der Waals surface area (Å²) in [6, 6.07) is 10.4. The summed E-state index contributed by atoms with van der Waals surface area (Å²) in [7, 11) is 0. The minimum Gasteiger partial charge on any atom is -0.375 e. The molecule has 1 fully saturated rings. The van der Waals surface area contributed by atoms with Crippen molar-refractivity contribution in [1.29, 1.82) is 0 Å². The molecule has 1 saturated heterocycles. The van der Waals surface area contributed by atoms with Gasteiger partial charge in [0.1, 0.15) is 5.82 Å². The Labute approximate surface area is 147 Å². The molecule has 6 heteroatoms. The average Bonchev–Trinajstić information content (AvgIpc) is 3.05. The standard InChI is InChI=1S/C19H23N5O/c1-15-14-23(8-9-25-15)19-10-16(5-6-21-19)11-20-12-17-13-22-24-7-3-2-4-18(17)24/h2-7,10,13,15,20H,8-9,11-12,14H2,1H3/t15-/m1/s1. The summed E-state index contributed by atoms with van der Waals surface area (Å²) in [6.45, 7) is 6.26. The maximum absolute atomic E-state index is 5.61. The van der Waals surface area contributed by atoms with Crippen LogP contribution < -0.4 is 10.2 Å². The van der Waals surface area contributed by atoms with Gasteiger partial charge in [-0.3, -0.25) is 0 Å². The van der Waals surface area contributed by atoms with Gasteiger partial charge >= 0.3 is 0 Å². The number of hydrogen-bond donors (Lipinski definition) is 1. The number of rotatable bonds is 5. The Balaban J connectivity index is 1.39. The van der Waals surface area contributed by atoms with Gasteiger partial charge in [0.25, 0.3) is 0 Å². The van der Waals surface area contributed by atoms with Crippen molar-refractivity contribution in [3.05, 3.63) is 60.0 Å². The van der Waals surface area contributed by atoms with E-state index in [1.807, 2.05) is 35.2 Å². The van der Waals surface area contributed by atoms with Crippen LogP contribution in [0.3, 0.4) is 0 Å². The second-order valence-electron chi connectivity index (χ2n) is 6.45. The largest absolute Gasteiger partial charge is 0.375 e. The molecule has 0 aromatic carbocycles. The number of hydrogen-bond acceptors (Lipinski definition) is 5. The van der Waals surface area contributed by atoms with Crippen molar-refractivity contribution in [3.8, 4) is 0 Å². The van der Waals surface area contributed by atoms with E-state index in [2.05, 4.69) is 45.4 Å². The Morgan fingerprint density at radius 3 is 3.16 bits per heavy atom. The van der Waals surface area contributed by atoms with Crippen molar-refractivity contribution in [2.75, 3.05) is 24.6 Å². The van der Waals surface area contributed by atoms with Crippen LogP contribution in [0.15, 0.2) is 48.9 Å². The van der Waals surface area contributed by atoms with Gasteiger partial charge in [-0.2, -0.15) is 5.10 Å². The molecule has 0 aliphatic carbocycles. The van der Waals surface area contributed by atoms with Crippen LogP contribution in [-0.2, 0) is 17.8 Å². The van der Waals surface area contributed by atoms with Crippen LogP contribution in [0.1, 0.15) is 18.1 Å². The van der Waals surface area contributed by atoms with Gasteiger partial charge in [0.15, 0.2) is 0 Å². The summed E-state index contributed by atoms with van der Waals surface area (Å²) in [5.41, 5.74) is 3.59. The second kappa shape index (κ2) is 7.21. The minimum atomic E-state index is 0.257. The average molecular weight is 337 g/mol. The topological polar surface area (TPSA) is 54.7 Å². The molecular weight excluding hydrogens is 314 g/mol. The van der Waals surface area contributed by atoms with Crippen LogP contribution in [-0.4, -0.2) is 40.4 Å². The lowest BCUT2D eigenvalue weighted by Gasteiger charge is -2.32. The number of morpholine rings is 1. The highest BCUT2D eigenvalue weighted by molar-refractivity contribution is 5.53. The van der Waals surface area contributed by atoms with Gasteiger partial charge in [-0.05, 0) is 36.8 Å². The molecule has 4 rings (SSSR count). The van der Waals surface area contributed by atoms with Gasteiger partial charge in [-0.25, -0.2) is 9.50 Å². The van der Waals surface area contributed by atoms with E-state index in [0.717, 1.165) is 44.1 Å². The van der Waals surface area contributed by atoms with Crippen molar-refractivity contribution in [2.45, 2.75) is 26.1 Å². The molecule has 6 nitrogen and oxygen atoms in total. The molecule has 1 aliphatic rings. The number of aromatic nitrogens is 3. The number of fused-ring (bicyclic) bond motifs is 1. The lowest BCUT2D eigenvalue weighted by molar-refractivity contribution is 0.0529. The fraction of sp³-hybridized carbons (Fsp3) is 0.368. The van der Waals surface area contributed by atoms with Crippen molar-refractivity contribution >= 4 is 11.3 Å². The third-order valence-electron chi connectivity index (χ3n) is 4.53. The Bertz CT molecular complexity index is 846. The summed E-state index contributed by atoms with van der Waals surface area (Å²) in [4.78, 5) is 6.82. The quantitative estimate of drug-likeness (QED) is 0.774. The van der Waals surface area contributed by atoms with E-state index in [-0.39, 0.29) is 6.10 Å². The molecule has 0 unspecified atom stereocenters. The fourth-order valence-corrected chi connectivity index (χ4v) is 3.24. The first kappa shape index (κ1) is 16.1. The lowest BCUT2D eigenvalue weighted by Crippen LogP contribution is -2.41. The van der Waals surface area contributed by atoms with E-state index in [9.17, 15) is 0 Å². The van der Waals surface area contributed by atoms with Gasteiger partial charge in [0, 0.05) is 44.1 Å². The zero-order valence-electron chi connectivity index (χ0n) is 14.4. The molecule has 1 aliphatic heterocycles. The van der Waals surface area contributed by atoms with E-state index in [1.165, 1.54) is 11.1 Å². The van der Waals surface area contributed by atoms with Crippen LogP contribution in [0.4, 0.5) is 5.82 Å². The first-order valence-electron chi connectivity index (χ1n) is 8.73. The SMILES string of the molecule is C[C@@H]1CN(c2cc(CNCc3cnn4ccccc34)ccn2)CCO1. The highest BCUT2D eigenvalue weighted by Gasteiger charge is 2.17. The van der Waals surface area contributed by atoms with Gasteiger partial charge in [-0.15, -0.1) is 0 Å². The molecule has 0 amide bonds. The van der Waals surface area contributed by atoms with Crippen LogP contribution in [0.2, 0.25) is 0 Å². The maximum Gasteiger partial charge on any atom is 0.128 e. The number of pyridine rings is 2. The summed E-state index contributed by atoms with van der Waals surface area (Å²) in [5.74, 6) is 1.03. The van der Waals surface area contributed by atoms with Gasteiger partial charge in [-0.1, -0.05) is 6.07 Å². The Hall–Kier alpha value is -2.44. The third kappa shape index (κ3) is 3.65. The Kier molecular flexibility index (Phi) is 4.63. The van der Waals surface area contributed by atoms with Crippen LogP contribution in [0.5, 0.6) is 0 Å². The molecule has 25 heavy (non-hydrogen) atoms. The molecule has 130 valence electrons. The van der Waals surface area contributed by atoms with Crippen molar-refractivity contribution in [1.82, 2.24) is 19.9 Å². The third-order valence-corrected chi connectivity index (χ3v) is 4.53. The molecule has 1 atom stereocenters. The van der Waals surface area contributed by atoms with E-state index >= 15 is 0 Å². The molecule has 4 heterocycles. The Morgan fingerprint density at radius 2 is 2.24 bits per heavy atom. The van der Waals surface area contributed by atoms with E-state index in [0.29, 0.717) is 0 Å². The molecule has 0 radical (unpaired) electrons. The van der Waals surface area contributed by atoms with Gasteiger partial charge in [0.05, 0.1) is 24.4 Å². The molecule has 3 aromatic heterocycles. The first-order valence-corrected chi connectivity index (χ1v) is 8.73. The van der Waals surface area contributed by atoms with Crippen LogP contribution in [0, 0.1) is 0 Å². The molecule has 0 bridgehead atoms. The fourth-order valence-electron chi connectivity index (χ4n) is 3.24. The number of ether oxygens (including phenoxy) is 1. The van der Waals surface area contributed by atoms with Gasteiger partial charge in [0.2, 0.25) is 0 Å². The number of nitrogens with one attached hydrogen (secondary N) is 1. The molecule has 0 saturated carbocycles. The predicted molar refractivity (Wildman–Crippen MR) is 97.6 cm³/mol. The smallest absolute Gasteiger partial charge is 0.128 e. The van der Waals surface area contributed by atoms with E-state index in [1.54, 1.807) is 0 Å². The predicted octanol–water partition coefficient (Wildman–Crippen LogP) is 2.24. The Morgan fingerprint density at radius 1 is 1.28 bits per heavy atom. The zero-order valence-corrected chi connectivity index (χ0v) is 14.4. The molecular formula is C19H23N5O. The van der Waals surface area contributed by atoms with Crippen LogP contribution >= 0.6 is 0 Å². The minimum absolute atomic E-state index is 0.257. The number of anilines is 1. The van der Waals surface area contributed by atoms with Gasteiger partial charge < -0.3 is 15.0 Å². The summed E-state index contributed by atoms with van der Waals surface area (Å²) in [6.07, 6.45) is 6.04. The maximum atomic E-state index is 5.61. The second-order valence-corrected chi connectivity index (χ2v) is 6.45. The lowest BCUT2D eigenvalue weighted by atomic mass is 10.2. The number of nitrogens with zero attached hydrogens (tertiary/aromatic N) is 4. The van der Waals surface area contributed by atoms with Crippen LogP contribution in [0.25, 0.3) is 5.52 Å². The molecule has 3 aromatic rings. The normalized spacial score (nSPS) is 18.0. The van der Waals surface area contributed by atoms with Crippen molar-refractivity contribution < 1.29 is 4.74 Å². The highest BCUT2D eigenvalue weighted by atomic mass is 16.5. The molecule has 1 N–H and O–H groups in total. The summed E-state index contributed by atoms with van der Waals surface area (Å²) < 4.78 is 7.52. The summed E-state index contributed by atoms with van der Waals surface area (Å²) >= 11 is 0. The zero-order chi connectivity index (χ0) is 17.1. The van der Waals surface area contributed by atoms with E-state index in [4.69, 9.17) is 4.74 Å². The monoisotopic (exact) mass is 337 g/mol. The van der Waals surface area contributed by atoms with Crippen molar-refractivity contribution in [3.63, 3.8) is 0 Å². The van der Waals surface area contributed by atoms with E-state index < -0.39 is 0 Å². The highest BCUT2D eigenvalue weighted by Crippen LogP contribution is 2.17. The van der Waals surface area contributed by atoms with Crippen molar-refractivity contribution in [2.24, 2.45) is 0 Å².